The maximum absolute atomic E-state index is 13.7. The number of aliphatic hydroxyl groups is 1. The van der Waals surface area contributed by atoms with Crippen LogP contribution < -0.4 is 5.32 Å². The van der Waals surface area contributed by atoms with Crippen LogP contribution in [0.15, 0.2) is 30.3 Å². The molecule has 1 aromatic carbocycles. The number of fused-ring (bicyclic) bond motifs is 1. The number of aromatic nitrogens is 3. The minimum atomic E-state index is -1.14. The molecule has 0 aliphatic carbocycles. The fraction of sp³-hybridized carbons (Fsp3) is 0.278. The first-order valence-corrected chi connectivity index (χ1v) is 7.92. The molecule has 6 nitrogen and oxygen atoms in total. The number of aryl methyl sites for hydroxylation is 3. The number of amides is 1. The molecule has 0 fully saturated rings. The number of hydrogen-bond donors (Lipinski definition) is 2. The third-order valence-electron chi connectivity index (χ3n) is 4.02. The van der Waals surface area contributed by atoms with Crippen molar-refractivity contribution in [3.63, 3.8) is 0 Å². The minimum absolute atomic E-state index is 0.110. The lowest BCUT2D eigenvalue weighted by Crippen LogP contribution is -2.29. The van der Waals surface area contributed by atoms with Gasteiger partial charge < -0.3 is 10.4 Å². The SMILES string of the molecule is Cc1cc(C)n2nc(C)c(C(=O)NCC(O)c3ccccc3F)c2n1. The molecule has 7 heteroatoms. The van der Waals surface area contributed by atoms with Crippen molar-refractivity contribution in [3.8, 4) is 0 Å². The van der Waals surface area contributed by atoms with Crippen LogP contribution in [0.1, 0.15) is 39.1 Å². The summed E-state index contributed by atoms with van der Waals surface area (Å²) in [5.74, 6) is -0.912. The third-order valence-corrected chi connectivity index (χ3v) is 4.02. The van der Waals surface area contributed by atoms with E-state index in [0.29, 0.717) is 16.9 Å². The summed E-state index contributed by atoms with van der Waals surface area (Å²) >= 11 is 0. The molecule has 3 rings (SSSR count). The molecule has 2 heterocycles. The van der Waals surface area contributed by atoms with E-state index in [2.05, 4.69) is 15.4 Å². The van der Waals surface area contributed by atoms with Crippen molar-refractivity contribution in [1.82, 2.24) is 19.9 Å². The smallest absolute Gasteiger partial charge is 0.257 e. The molecular weight excluding hydrogens is 323 g/mol. The van der Waals surface area contributed by atoms with Crippen molar-refractivity contribution < 1.29 is 14.3 Å². The highest BCUT2D eigenvalue weighted by Gasteiger charge is 2.21. The van der Waals surface area contributed by atoms with E-state index in [1.165, 1.54) is 12.1 Å². The summed E-state index contributed by atoms with van der Waals surface area (Å²) in [5.41, 5.74) is 3.16. The Labute approximate surface area is 144 Å². The Morgan fingerprint density at radius 3 is 2.76 bits per heavy atom. The van der Waals surface area contributed by atoms with E-state index in [-0.39, 0.29) is 12.1 Å². The van der Waals surface area contributed by atoms with Gasteiger partial charge in [0.2, 0.25) is 0 Å². The number of nitrogens with one attached hydrogen (secondary N) is 1. The molecule has 2 aromatic heterocycles. The van der Waals surface area contributed by atoms with E-state index >= 15 is 0 Å². The number of hydrogen-bond acceptors (Lipinski definition) is 4. The van der Waals surface area contributed by atoms with Gasteiger partial charge in [-0.2, -0.15) is 5.10 Å². The van der Waals surface area contributed by atoms with Gasteiger partial charge in [0.15, 0.2) is 5.65 Å². The number of benzene rings is 1. The molecule has 25 heavy (non-hydrogen) atoms. The summed E-state index contributed by atoms with van der Waals surface area (Å²) in [5, 5.41) is 17.1. The van der Waals surface area contributed by atoms with Crippen LogP contribution in [-0.2, 0) is 0 Å². The van der Waals surface area contributed by atoms with Crippen LogP contribution in [0.25, 0.3) is 5.65 Å². The van der Waals surface area contributed by atoms with Crippen molar-refractivity contribution in [2.24, 2.45) is 0 Å². The average Bonchev–Trinajstić information content (AvgIpc) is 2.89. The molecule has 0 aliphatic heterocycles. The summed E-state index contributed by atoms with van der Waals surface area (Å²) in [6, 6.07) is 7.81. The Morgan fingerprint density at radius 1 is 1.32 bits per heavy atom. The minimum Gasteiger partial charge on any atom is -0.386 e. The molecule has 1 amide bonds. The van der Waals surface area contributed by atoms with Crippen LogP contribution in [-0.4, -0.2) is 32.2 Å². The molecule has 3 aromatic rings. The normalized spacial score (nSPS) is 12.4. The zero-order chi connectivity index (χ0) is 18.1. The van der Waals surface area contributed by atoms with Gasteiger partial charge in [-0.1, -0.05) is 18.2 Å². The molecule has 0 spiro atoms. The largest absolute Gasteiger partial charge is 0.386 e. The van der Waals surface area contributed by atoms with Gasteiger partial charge in [0.1, 0.15) is 11.4 Å². The van der Waals surface area contributed by atoms with Crippen molar-refractivity contribution >= 4 is 11.6 Å². The highest BCUT2D eigenvalue weighted by molar-refractivity contribution is 6.01. The molecular formula is C18H19FN4O2. The van der Waals surface area contributed by atoms with Gasteiger partial charge in [-0.15, -0.1) is 0 Å². The Hall–Kier alpha value is -2.80. The van der Waals surface area contributed by atoms with E-state index in [9.17, 15) is 14.3 Å². The second-order valence-corrected chi connectivity index (χ2v) is 5.98. The predicted octanol–water partition coefficient (Wildman–Crippen LogP) is 2.26. The second kappa shape index (κ2) is 6.60. The molecule has 0 saturated carbocycles. The van der Waals surface area contributed by atoms with Crippen LogP contribution in [0.3, 0.4) is 0 Å². The Kier molecular flexibility index (Phi) is 4.50. The van der Waals surface area contributed by atoms with Gasteiger partial charge in [-0.25, -0.2) is 13.9 Å². The summed E-state index contributed by atoms with van der Waals surface area (Å²) in [4.78, 5) is 17.0. The molecule has 0 saturated heterocycles. The third kappa shape index (κ3) is 3.23. The van der Waals surface area contributed by atoms with E-state index in [0.717, 1.165) is 11.4 Å². The highest BCUT2D eigenvalue weighted by atomic mass is 19.1. The number of carbonyl (C=O) groups is 1. The standard InChI is InChI=1S/C18H19FN4O2/c1-10-8-11(2)23-17(21-10)16(12(3)22-23)18(25)20-9-15(24)13-6-4-5-7-14(13)19/h4-8,15,24H,9H2,1-3H3,(H,20,25). The summed E-state index contributed by atoms with van der Waals surface area (Å²) in [6.07, 6.45) is -1.14. The molecule has 0 bridgehead atoms. The lowest BCUT2D eigenvalue weighted by atomic mass is 10.1. The zero-order valence-corrected chi connectivity index (χ0v) is 14.2. The predicted molar refractivity (Wildman–Crippen MR) is 90.9 cm³/mol. The first kappa shape index (κ1) is 17.0. The number of halogens is 1. The topological polar surface area (TPSA) is 79.5 Å². The number of rotatable bonds is 4. The van der Waals surface area contributed by atoms with Gasteiger partial charge in [-0.3, -0.25) is 4.79 Å². The van der Waals surface area contributed by atoms with E-state index in [1.54, 1.807) is 23.6 Å². The lowest BCUT2D eigenvalue weighted by molar-refractivity contribution is 0.0915. The maximum Gasteiger partial charge on any atom is 0.257 e. The number of aliphatic hydroxyl groups excluding tert-OH is 1. The summed E-state index contributed by atoms with van der Waals surface area (Å²) < 4.78 is 15.3. The Morgan fingerprint density at radius 2 is 2.04 bits per heavy atom. The fourth-order valence-electron chi connectivity index (χ4n) is 2.83. The van der Waals surface area contributed by atoms with Crippen LogP contribution >= 0.6 is 0 Å². The Balaban J connectivity index is 1.84. The molecule has 1 unspecified atom stereocenters. The van der Waals surface area contributed by atoms with Crippen LogP contribution in [0.5, 0.6) is 0 Å². The summed E-state index contributed by atoms with van der Waals surface area (Å²) in [6.45, 7) is 5.35. The van der Waals surface area contributed by atoms with Gasteiger partial charge in [-0.05, 0) is 32.9 Å². The number of carbonyl (C=O) groups excluding carboxylic acids is 1. The first-order chi connectivity index (χ1) is 11.9. The van der Waals surface area contributed by atoms with Gasteiger partial charge >= 0.3 is 0 Å². The molecule has 2 N–H and O–H groups in total. The van der Waals surface area contributed by atoms with E-state index in [1.807, 2.05) is 19.9 Å². The van der Waals surface area contributed by atoms with E-state index < -0.39 is 17.8 Å². The monoisotopic (exact) mass is 342 g/mol. The molecule has 0 radical (unpaired) electrons. The van der Waals surface area contributed by atoms with Crippen LogP contribution in [0.4, 0.5) is 4.39 Å². The van der Waals surface area contributed by atoms with Gasteiger partial charge in [0, 0.05) is 23.5 Å². The molecule has 0 aliphatic rings. The summed E-state index contributed by atoms with van der Waals surface area (Å²) in [7, 11) is 0. The van der Waals surface area contributed by atoms with Gasteiger partial charge in [0.05, 0.1) is 11.8 Å². The molecule has 1 atom stereocenters. The van der Waals surface area contributed by atoms with E-state index in [4.69, 9.17) is 0 Å². The highest BCUT2D eigenvalue weighted by Crippen LogP contribution is 2.18. The van der Waals surface area contributed by atoms with Crippen LogP contribution in [0.2, 0.25) is 0 Å². The van der Waals surface area contributed by atoms with Crippen molar-refractivity contribution in [2.45, 2.75) is 26.9 Å². The maximum atomic E-state index is 13.7. The Bertz CT molecular complexity index is 952. The number of nitrogens with zero attached hydrogens (tertiary/aromatic N) is 3. The van der Waals surface area contributed by atoms with Crippen LogP contribution in [0, 0.1) is 26.6 Å². The van der Waals surface area contributed by atoms with Gasteiger partial charge in [0.25, 0.3) is 5.91 Å². The van der Waals surface area contributed by atoms with Crippen molar-refractivity contribution in [3.05, 3.63) is 64.4 Å². The molecule has 130 valence electrons. The quantitative estimate of drug-likeness (QED) is 0.762. The average molecular weight is 342 g/mol. The lowest BCUT2D eigenvalue weighted by Gasteiger charge is -2.13. The fourth-order valence-corrected chi connectivity index (χ4v) is 2.83. The van der Waals surface area contributed by atoms with Crippen molar-refractivity contribution in [1.29, 1.82) is 0 Å². The zero-order valence-electron chi connectivity index (χ0n) is 14.2. The second-order valence-electron chi connectivity index (χ2n) is 5.98. The van der Waals surface area contributed by atoms with Crippen molar-refractivity contribution in [2.75, 3.05) is 6.54 Å². The first-order valence-electron chi connectivity index (χ1n) is 7.92.